The first-order valence-corrected chi connectivity index (χ1v) is 8.77. The summed E-state index contributed by atoms with van der Waals surface area (Å²) in [6.07, 6.45) is 0.898. The highest BCUT2D eigenvalue weighted by atomic mass is 79.9. The van der Waals surface area contributed by atoms with Gasteiger partial charge in [-0.25, -0.2) is 4.79 Å². The van der Waals surface area contributed by atoms with Crippen molar-refractivity contribution < 1.29 is 4.52 Å². The van der Waals surface area contributed by atoms with Gasteiger partial charge in [-0.15, -0.1) is 0 Å². The lowest BCUT2D eigenvalue weighted by Gasteiger charge is -2.00. The number of hydrogen-bond donors (Lipinski definition) is 1. The summed E-state index contributed by atoms with van der Waals surface area (Å²) in [7, 11) is 0. The number of aromatic amines is 1. The Morgan fingerprint density at radius 3 is 2.88 bits per heavy atom. The molecule has 0 radical (unpaired) electrons. The van der Waals surface area contributed by atoms with E-state index in [1.165, 1.54) is 0 Å². The molecule has 7 heteroatoms. The van der Waals surface area contributed by atoms with Gasteiger partial charge >= 0.3 is 5.69 Å². The SMILES string of the molecule is CCCn1c(=O)[nH]c2cc(-c3noc(-c4cccc(Br)c4)n3)ccc21. The molecule has 4 aromatic rings. The Balaban J connectivity index is 1.74. The van der Waals surface area contributed by atoms with Gasteiger partial charge in [0.25, 0.3) is 5.89 Å². The van der Waals surface area contributed by atoms with Gasteiger partial charge in [0, 0.05) is 22.1 Å². The van der Waals surface area contributed by atoms with Crippen LogP contribution in [0.15, 0.2) is 56.3 Å². The molecule has 6 nitrogen and oxygen atoms in total. The highest BCUT2D eigenvalue weighted by Crippen LogP contribution is 2.26. The predicted octanol–water partition coefficient (Wildman–Crippen LogP) is 4.22. The maximum atomic E-state index is 12.1. The summed E-state index contributed by atoms with van der Waals surface area (Å²) < 4.78 is 8.06. The largest absolute Gasteiger partial charge is 0.334 e. The second kappa shape index (κ2) is 6.33. The quantitative estimate of drug-likeness (QED) is 0.558. The lowest BCUT2D eigenvalue weighted by molar-refractivity contribution is 0.432. The number of halogens is 1. The second-order valence-corrected chi connectivity index (χ2v) is 6.66. The molecule has 2 heterocycles. The highest BCUT2D eigenvalue weighted by Gasteiger charge is 2.13. The van der Waals surface area contributed by atoms with Gasteiger partial charge in [-0.2, -0.15) is 4.98 Å². The molecule has 0 bridgehead atoms. The maximum absolute atomic E-state index is 12.1. The molecule has 0 aliphatic carbocycles. The van der Waals surface area contributed by atoms with E-state index in [4.69, 9.17) is 4.52 Å². The molecule has 0 aliphatic rings. The van der Waals surface area contributed by atoms with E-state index in [0.29, 0.717) is 18.3 Å². The van der Waals surface area contributed by atoms with E-state index in [9.17, 15) is 4.79 Å². The van der Waals surface area contributed by atoms with Crippen LogP contribution in [0.5, 0.6) is 0 Å². The monoisotopic (exact) mass is 398 g/mol. The first kappa shape index (κ1) is 15.8. The van der Waals surface area contributed by atoms with E-state index in [1.54, 1.807) is 4.57 Å². The number of rotatable bonds is 4. The number of aromatic nitrogens is 4. The molecule has 1 N–H and O–H groups in total. The third-order valence-corrected chi connectivity index (χ3v) is 4.47. The molecule has 0 fully saturated rings. The van der Waals surface area contributed by atoms with Gasteiger partial charge < -0.3 is 9.51 Å². The molecule has 0 saturated carbocycles. The molecular formula is C18H15BrN4O2. The Bertz CT molecular complexity index is 1110. The molecule has 0 atom stereocenters. The molecule has 4 rings (SSSR count). The number of benzene rings is 2. The van der Waals surface area contributed by atoms with Crippen molar-refractivity contribution in [2.24, 2.45) is 0 Å². The molecule has 0 aliphatic heterocycles. The van der Waals surface area contributed by atoms with Crippen LogP contribution in [-0.2, 0) is 6.54 Å². The third-order valence-electron chi connectivity index (χ3n) is 3.98. The molecule has 0 spiro atoms. The second-order valence-electron chi connectivity index (χ2n) is 5.75. The number of nitrogens with zero attached hydrogens (tertiary/aromatic N) is 3. The molecule has 2 aromatic carbocycles. The predicted molar refractivity (Wildman–Crippen MR) is 99.3 cm³/mol. The highest BCUT2D eigenvalue weighted by molar-refractivity contribution is 9.10. The van der Waals surface area contributed by atoms with Crippen LogP contribution in [0.25, 0.3) is 33.9 Å². The Labute approximate surface area is 151 Å². The fraction of sp³-hybridized carbons (Fsp3) is 0.167. The van der Waals surface area contributed by atoms with E-state index in [1.807, 2.05) is 49.4 Å². The van der Waals surface area contributed by atoms with E-state index >= 15 is 0 Å². The summed E-state index contributed by atoms with van der Waals surface area (Å²) in [5.74, 6) is 0.939. The van der Waals surface area contributed by atoms with Gasteiger partial charge in [0.1, 0.15) is 0 Å². The number of hydrogen-bond acceptors (Lipinski definition) is 4. The van der Waals surface area contributed by atoms with Crippen LogP contribution in [-0.4, -0.2) is 19.7 Å². The molecule has 2 aromatic heterocycles. The topological polar surface area (TPSA) is 76.7 Å². The van der Waals surface area contributed by atoms with Crippen molar-refractivity contribution >= 4 is 27.0 Å². The summed E-state index contributed by atoms with van der Waals surface area (Å²) in [6, 6.07) is 13.4. The number of fused-ring (bicyclic) bond motifs is 1. The minimum absolute atomic E-state index is 0.100. The van der Waals surface area contributed by atoms with E-state index < -0.39 is 0 Å². The normalized spacial score (nSPS) is 11.3. The van der Waals surface area contributed by atoms with Crippen molar-refractivity contribution in [2.45, 2.75) is 19.9 Å². The van der Waals surface area contributed by atoms with Crippen LogP contribution in [0.3, 0.4) is 0 Å². The van der Waals surface area contributed by atoms with Crippen LogP contribution in [0.2, 0.25) is 0 Å². The molecular weight excluding hydrogens is 384 g/mol. The Hall–Kier alpha value is -2.67. The lowest BCUT2D eigenvalue weighted by Crippen LogP contribution is -2.16. The number of imidazole rings is 1. The van der Waals surface area contributed by atoms with Crippen LogP contribution in [0.4, 0.5) is 0 Å². The summed E-state index contributed by atoms with van der Waals surface area (Å²) in [6.45, 7) is 2.73. The van der Waals surface area contributed by atoms with Gasteiger partial charge in [-0.3, -0.25) is 4.57 Å². The fourth-order valence-electron chi connectivity index (χ4n) is 2.83. The van der Waals surface area contributed by atoms with Crippen LogP contribution >= 0.6 is 15.9 Å². The van der Waals surface area contributed by atoms with Crippen molar-refractivity contribution in [1.82, 2.24) is 19.7 Å². The zero-order chi connectivity index (χ0) is 17.4. The van der Waals surface area contributed by atoms with Crippen molar-refractivity contribution in [3.63, 3.8) is 0 Å². The standard InChI is InChI=1S/C18H15BrN4O2/c1-2-8-23-15-7-6-11(10-14(15)20-18(23)24)16-21-17(25-22-16)12-4-3-5-13(19)9-12/h3-7,9-10H,2,8H2,1H3,(H,20,24). The Morgan fingerprint density at radius 2 is 2.08 bits per heavy atom. The lowest BCUT2D eigenvalue weighted by atomic mass is 10.2. The van der Waals surface area contributed by atoms with Crippen molar-refractivity contribution in [3.8, 4) is 22.8 Å². The number of aryl methyl sites for hydroxylation is 1. The van der Waals surface area contributed by atoms with Crippen molar-refractivity contribution in [3.05, 3.63) is 57.4 Å². The van der Waals surface area contributed by atoms with E-state index in [2.05, 4.69) is 31.1 Å². The number of nitrogens with one attached hydrogen (secondary N) is 1. The molecule has 25 heavy (non-hydrogen) atoms. The van der Waals surface area contributed by atoms with Crippen LogP contribution in [0, 0.1) is 0 Å². The zero-order valence-electron chi connectivity index (χ0n) is 13.5. The van der Waals surface area contributed by atoms with Crippen molar-refractivity contribution in [2.75, 3.05) is 0 Å². The van der Waals surface area contributed by atoms with E-state index in [-0.39, 0.29) is 5.69 Å². The van der Waals surface area contributed by atoms with Crippen LogP contribution < -0.4 is 5.69 Å². The molecule has 0 saturated heterocycles. The van der Waals surface area contributed by atoms with Gasteiger partial charge in [0.2, 0.25) is 5.82 Å². The zero-order valence-corrected chi connectivity index (χ0v) is 15.1. The summed E-state index contributed by atoms with van der Waals surface area (Å²) in [5.41, 5.74) is 3.19. The Morgan fingerprint density at radius 1 is 1.20 bits per heavy atom. The van der Waals surface area contributed by atoms with Gasteiger partial charge in [-0.05, 0) is 42.8 Å². The minimum Gasteiger partial charge on any atom is -0.334 e. The van der Waals surface area contributed by atoms with Gasteiger partial charge in [0.15, 0.2) is 0 Å². The smallest absolute Gasteiger partial charge is 0.326 e. The summed E-state index contributed by atoms with van der Waals surface area (Å²) in [4.78, 5) is 19.4. The maximum Gasteiger partial charge on any atom is 0.326 e. The average Bonchev–Trinajstić information content (AvgIpc) is 3.20. The first-order valence-electron chi connectivity index (χ1n) is 7.98. The molecule has 0 amide bonds. The first-order chi connectivity index (χ1) is 12.2. The van der Waals surface area contributed by atoms with Gasteiger partial charge in [0.05, 0.1) is 11.0 Å². The minimum atomic E-state index is -0.100. The molecule has 126 valence electrons. The summed E-state index contributed by atoms with van der Waals surface area (Å²) in [5, 5.41) is 4.06. The fourth-order valence-corrected chi connectivity index (χ4v) is 3.23. The van der Waals surface area contributed by atoms with Crippen LogP contribution in [0.1, 0.15) is 13.3 Å². The van der Waals surface area contributed by atoms with E-state index in [0.717, 1.165) is 33.1 Å². The summed E-state index contributed by atoms with van der Waals surface area (Å²) >= 11 is 3.43. The van der Waals surface area contributed by atoms with Gasteiger partial charge in [-0.1, -0.05) is 34.1 Å². The average molecular weight is 399 g/mol. The number of H-pyrrole nitrogens is 1. The third kappa shape index (κ3) is 2.91. The molecule has 0 unspecified atom stereocenters. The van der Waals surface area contributed by atoms with Crippen molar-refractivity contribution in [1.29, 1.82) is 0 Å². The Kier molecular flexibility index (Phi) is 4.01.